The van der Waals surface area contributed by atoms with Gasteiger partial charge in [0.15, 0.2) is 10.8 Å². The number of carbonyl (C=O) groups is 1. The first-order valence-corrected chi connectivity index (χ1v) is 13.3. The first kappa shape index (κ1) is 25.7. The summed E-state index contributed by atoms with van der Waals surface area (Å²) in [7, 11) is 0. The zero-order valence-corrected chi connectivity index (χ0v) is 21.7. The summed E-state index contributed by atoms with van der Waals surface area (Å²) < 4.78 is 13.0. The molecule has 4 aromatic rings. The predicted octanol–water partition coefficient (Wildman–Crippen LogP) is 4.37. The number of amides is 1. The molecular formula is C26H32N6O3S. The fourth-order valence-corrected chi connectivity index (χ4v) is 4.50. The number of ether oxygens (including phenoxy) is 2. The Morgan fingerprint density at radius 3 is 2.69 bits per heavy atom. The molecule has 10 heteroatoms. The maximum Gasteiger partial charge on any atom is 0.255 e. The van der Waals surface area contributed by atoms with Crippen molar-refractivity contribution in [3.05, 3.63) is 48.2 Å². The van der Waals surface area contributed by atoms with Crippen LogP contribution in [0.4, 0.5) is 5.82 Å². The summed E-state index contributed by atoms with van der Waals surface area (Å²) in [6.45, 7) is 9.19. The van der Waals surface area contributed by atoms with Crippen molar-refractivity contribution in [1.29, 1.82) is 0 Å². The quantitative estimate of drug-likeness (QED) is 0.156. The molecule has 0 radical (unpaired) electrons. The lowest BCUT2D eigenvalue weighted by Crippen LogP contribution is -2.28. The van der Waals surface area contributed by atoms with Gasteiger partial charge in [-0.05, 0) is 36.4 Å². The molecule has 36 heavy (non-hydrogen) atoms. The molecule has 0 atom stereocenters. The van der Waals surface area contributed by atoms with Gasteiger partial charge in [0.05, 0.1) is 36.9 Å². The number of thioether (sulfide) groups is 1. The Balaban J connectivity index is 1.52. The molecule has 0 fully saturated rings. The van der Waals surface area contributed by atoms with Crippen LogP contribution in [0.2, 0.25) is 0 Å². The minimum atomic E-state index is -0.179. The van der Waals surface area contributed by atoms with E-state index in [1.54, 1.807) is 22.6 Å². The van der Waals surface area contributed by atoms with Crippen molar-refractivity contribution in [2.24, 2.45) is 0 Å². The number of anilines is 1. The maximum absolute atomic E-state index is 13.2. The molecule has 9 nitrogen and oxygen atoms in total. The minimum Gasteiger partial charge on any atom is -0.493 e. The molecule has 0 spiro atoms. The third-order valence-corrected chi connectivity index (χ3v) is 6.25. The fourth-order valence-electron chi connectivity index (χ4n) is 3.94. The lowest BCUT2D eigenvalue weighted by Gasteiger charge is -2.14. The van der Waals surface area contributed by atoms with Crippen LogP contribution < -0.4 is 15.4 Å². The second-order valence-corrected chi connectivity index (χ2v) is 9.10. The second kappa shape index (κ2) is 12.5. The number of carbonyl (C=O) groups excluding carboxylic acids is 1. The van der Waals surface area contributed by atoms with Crippen LogP contribution in [0.25, 0.3) is 21.8 Å². The van der Waals surface area contributed by atoms with E-state index in [4.69, 9.17) is 14.5 Å². The van der Waals surface area contributed by atoms with Crippen molar-refractivity contribution >= 4 is 45.3 Å². The molecule has 0 aliphatic rings. The van der Waals surface area contributed by atoms with E-state index in [9.17, 15) is 4.79 Å². The Kier molecular flexibility index (Phi) is 8.96. The molecule has 2 heterocycles. The van der Waals surface area contributed by atoms with E-state index in [-0.39, 0.29) is 5.91 Å². The monoisotopic (exact) mass is 508 g/mol. The minimum absolute atomic E-state index is 0.179. The average Bonchev–Trinajstić information content (AvgIpc) is 3.29. The molecular weight excluding hydrogens is 476 g/mol. The van der Waals surface area contributed by atoms with Gasteiger partial charge in [-0.1, -0.05) is 49.0 Å². The van der Waals surface area contributed by atoms with Gasteiger partial charge in [0.1, 0.15) is 11.6 Å². The van der Waals surface area contributed by atoms with E-state index in [0.717, 1.165) is 33.4 Å². The molecule has 2 N–H and O–H groups in total. The molecule has 0 unspecified atom stereocenters. The second-order valence-electron chi connectivity index (χ2n) is 7.87. The molecule has 0 aliphatic carbocycles. The number of nitrogens with one attached hydrogen (secondary N) is 2. The van der Waals surface area contributed by atoms with Gasteiger partial charge in [-0.2, -0.15) is 5.10 Å². The van der Waals surface area contributed by atoms with Gasteiger partial charge >= 0.3 is 0 Å². The predicted molar refractivity (Wildman–Crippen MR) is 144 cm³/mol. The molecule has 2 aromatic carbocycles. The van der Waals surface area contributed by atoms with E-state index in [2.05, 4.69) is 27.6 Å². The number of rotatable bonds is 13. The van der Waals surface area contributed by atoms with Crippen molar-refractivity contribution in [3.8, 4) is 5.75 Å². The Morgan fingerprint density at radius 1 is 1.03 bits per heavy atom. The third kappa shape index (κ3) is 5.88. The number of hydrogen-bond donors (Lipinski definition) is 2. The van der Waals surface area contributed by atoms with E-state index >= 15 is 0 Å². The van der Waals surface area contributed by atoms with Crippen LogP contribution in [-0.2, 0) is 11.3 Å². The van der Waals surface area contributed by atoms with E-state index in [0.29, 0.717) is 55.9 Å². The summed E-state index contributed by atoms with van der Waals surface area (Å²) in [6.07, 6.45) is 1.76. The molecule has 0 saturated carbocycles. The highest BCUT2D eigenvalue weighted by molar-refractivity contribution is 7.99. The van der Waals surface area contributed by atoms with Crippen molar-refractivity contribution in [1.82, 2.24) is 25.1 Å². The van der Waals surface area contributed by atoms with Crippen LogP contribution >= 0.6 is 11.8 Å². The van der Waals surface area contributed by atoms with Gasteiger partial charge in [0, 0.05) is 19.7 Å². The molecule has 1 amide bonds. The maximum atomic E-state index is 13.2. The Hall–Kier alpha value is -3.37. The van der Waals surface area contributed by atoms with Crippen LogP contribution in [0.15, 0.2) is 47.8 Å². The first-order chi connectivity index (χ1) is 17.7. The molecule has 0 aliphatic heterocycles. The van der Waals surface area contributed by atoms with Crippen LogP contribution in [0, 0.1) is 0 Å². The van der Waals surface area contributed by atoms with Crippen LogP contribution in [-0.4, -0.2) is 64.3 Å². The van der Waals surface area contributed by atoms with E-state index < -0.39 is 0 Å². The number of benzene rings is 2. The highest BCUT2D eigenvalue weighted by atomic mass is 32.2. The molecule has 190 valence electrons. The summed E-state index contributed by atoms with van der Waals surface area (Å²) in [5.41, 5.74) is 1.28. The average molecular weight is 509 g/mol. The number of hydrogen-bond acceptors (Lipinski definition) is 8. The smallest absolute Gasteiger partial charge is 0.255 e. The van der Waals surface area contributed by atoms with Crippen molar-refractivity contribution < 1.29 is 14.3 Å². The zero-order valence-electron chi connectivity index (χ0n) is 20.9. The lowest BCUT2D eigenvalue weighted by atomic mass is 10.0. The van der Waals surface area contributed by atoms with Crippen LogP contribution in [0.5, 0.6) is 5.75 Å². The van der Waals surface area contributed by atoms with Crippen LogP contribution in [0.3, 0.4) is 0 Å². The molecule has 2 aromatic heterocycles. The summed E-state index contributed by atoms with van der Waals surface area (Å²) in [4.78, 5) is 22.6. The topological polar surface area (TPSA) is 103 Å². The Bertz CT molecular complexity index is 1330. The highest BCUT2D eigenvalue weighted by Crippen LogP contribution is 2.28. The number of fused-ring (bicyclic) bond motifs is 2. The van der Waals surface area contributed by atoms with Gasteiger partial charge in [0.2, 0.25) is 0 Å². The van der Waals surface area contributed by atoms with E-state index in [1.807, 2.05) is 50.2 Å². The van der Waals surface area contributed by atoms with E-state index in [1.165, 1.54) is 0 Å². The van der Waals surface area contributed by atoms with Crippen molar-refractivity contribution in [2.75, 3.05) is 44.0 Å². The SMILES string of the molecule is CCOCCNc1nc(SCC)nc2c1cnn2CCNC(=O)c1c(OCC)ccc2ccccc12. The summed E-state index contributed by atoms with van der Waals surface area (Å²) in [5, 5.41) is 14.3. The fraction of sp³-hybridized carbons (Fsp3) is 0.385. The molecule has 4 rings (SSSR count). The number of nitrogens with zero attached hydrogens (tertiary/aromatic N) is 4. The van der Waals surface area contributed by atoms with Gasteiger partial charge < -0.3 is 20.1 Å². The molecule has 0 saturated heterocycles. The van der Waals surface area contributed by atoms with Gasteiger partial charge in [-0.15, -0.1) is 0 Å². The summed E-state index contributed by atoms with van der Waals surface area (Å²) >= 11 is 1.58. The molecule has 0 bridgehead atoms. The first-order valence-electron chi connectivity index (χ1n) is 12.3. The van der Waals surface area contributed by atoms with Crippen molar-refractivity contribution in [2.45, 2.75) is 32.5 Å². The zero-order chi connectivity index (χ0) is 25.3. The summed E-state index contributed by atoms with van der Waals surface area (Å²) in [6, 6.07) is 11.6. The van der Waals surface area contributed by atoms with Gasteiger partial charge in [-0.25, -0.2) is 14.6 Å². The highest BCUT2D eigenvalue weighted by Gasteiger charge is 2.17. The third-order valence-electron chi connectivity index (χ3n) is 5.52. The van der Waals surface area contributed by atoms with Gasteiger partial charge in [0.25, 0.3) is 5.91 Å². The number of aromatic nitrogens is 4. The normalized spacial score (nSPS) is 11.2. The largest absolute Gasteiger partial charge is 0.493 e. The Morgan fingerprint density at radius 2 is 1.89 bits per heavy atom. The summed E-state index contributed by atoms with van der Waals surface area (Å²) in [5.74, 6) is 2.00. The van der Waals surface area contributed by atoms with Gasteiger partial charge in [-0.3, -0.25) is 4.79 Å². The lowest BCUT2D eigenvalue weighted by molar-refractivity contribution is 0.0950. The Labute approximate surface area is 215 Å². The van der Waals surface area contributed by atoms with Crippen molar-refractivity contribution in [3.63, 3.8) is 0 Å². The van der Waals surface area contributed by atoms with Crippen LogP contribution in [0.1, 0.15) is 31.1 Å². The standard InChI is InChI=1S/C26H32N6O3S/c1-4-34-16-14-27-23-20-17-29-32(24(20)31-26(30-23)36-6-3)15-13-28-25(33)22-19-10-8-7-9-18(19)11-12-21(22)35-5-2/h7-12,17H,4-6,13-16H2,1-3H3,(H,28,33)(H,27,30,31).